The molecule has 10 heteroatoms. The molecule has 0 fully saturated rings. The summed E-state index contributed by atoms with van der Waals surface area (Å²) in [6, 6.07) is 8.43. The minimum atomic E-state index is -0.747. The fourth-order valence-corrected chi connectivity index (χ4v) is 4.14. The van der Waals surface area contributed by atoms with Crippen molar-refractivity contribution in [2.75, 3.05) is 27.9 Å². The van der Waals surface area contributed by atoms with E-state index < -0.39 is 6.04 Å². The molecule has 0 aliphatic rings. The van der Waals surface area contributed by atoms with Crippen LogP contribution in [0.15, 0.2) is 30.3 Å². The minimum absolute atomic E-state index is 0.116. The van der Waals surface area contributed by atoms with Gasteiger partial charge in [-0.15, -0.1) is 5.10 Å². The Bertz CT molecular complexity index is 1080. The molecule has 31 heavy (non-hydrogen) atoms. The summed E-state index contributed by atoms with van der Waals surface area (Å²) < 4.78 is 12.2. The van der Waals surface area contributed by atoms with Crippen LogP contribution < -0.4 is 4.74 Å². The van der Waals surface area contributed by atoms with Crippen molar-refractivity contribution < 1.29 is 14.3 Å². The van der Waals surface area contributed by atoms with Crippen LogP contribution in [-0.2, 0) is 9.53 Å². The van der Waals surface area contributed by atoms with Gasteiger partial charge < -0.3 is 14.4 Å². The van der Waals surface area contributed by atoms with Gasteiger partial charge in [-0.3, -0.25) is 4.79 Å². The van der Waals surface area contributed by atoms with Crippen molar-refractivity contribution in [3.8, 4) is 11.4 Å². The first-order chi connectivity index (χ1) is 14.8. The Morgan fingerprint density at radius 2 is 1.87 bits per heavy atom. The number of tetrazole rings is 1. The second kappa shape index (κ2) is 9.64. The monoisotopic (exact) mass is 463 g/mol. The quantitative estimate of drug-likeness (QED) is 0.529. The summed E-state index contributed by atoms with van der Waals surface area (Å²) >= 11 is 12.7. The first-order valence-corrected chi connectivity index (χ1v) is 10.2. The van der Waals surface area contributed by atoms with Gasteiger partial charge in [-0.1, -0.05) is 41.4 Å². The number of ether oxygens (including phenoxy) is 2. The topological polar surface area (TPSA) is 82.4 Å². The molecule has 1 aromatic heterocycles. The van der Waals surface area contributed by atoms with Crippen LogP contribution in [0.2, 0.25) is 10.0 Å². The van der Waals surface area contributed by atoms with Crippen LogP contribution in [0.3, 0.4) is 0 Å². The maximum Gasteiger partial charge on any atom is 0.249 e. The molecule has 0 spiro atoms. The highest BCUT2D eigenvalue weighted by Crippen LogP contribution is 2.40. The maximum absolute atomic E-state index is 12.8. The molecule has 0 N–H and O–H groups in total. The van der Waals surface area contributed by atoms with Crippen LogP contribution >= 0.6 is 23.2 Å². The molecule has 0 aliphatic heterocycles. The van der Waals surface area contributed by atoms with Gasteiger partial charge in [0.1, 0.15) is 18.4 Å². The van der Waals surface area contributed by atoms with E-state index >= 15 is 0 Å². The van der Waals surface area contributed by atoms with Gasteiger partial charge in [0.25, 0.3) is 0 Å². The first kappa shape index (κ1) is 23.0. The Balaban J connectivity index is 2.29. The zero-order valence-electron chi connectivity index (χ0n) is 17.9. The molecule has 1 unspecified atom stereocenters. The fourth-order valence-electron chi connectivity index (χ4n) is 3.55. The third-order valence-electron chi connectivity index (χ3n) is 4.97. The predicted octanol–water partition coefficient (Wildman–Crippen LogP) is 3.79. The third-order valence-corrected chi connectivity index (χ3v) is 5.47. The molecular weight excluding hydrogens is 441 g/mol. The normalized spacial score (nSPS) is 12.0. The second-order valence-electron chi connectivity index (χ2n) is 7.04. The Hall–Kier alpha value is -2.68. The van der Waals surface area contributed by atoms with Gasteiger partial charge in [-0.2, -0.15) is 4.68 Å². The summed E-state index contributed by atoms with van der Waals surface area (Å²) in [6.07, 6.45) is 0. The molecule has 3 aromatic rings. The average Bonchev–Trinajstić information content (AvgIpc) is 3.17. The highest BCUT2D eigenvalue weighted by Gasteiger charge is 2.33. The van der Waals surface area contributed by atoms with Gasteiger partial charge >= 0.3 is 0 Å². The molecule has 1 atom stereocenters. The van der Waals surface area contributed by atoms with Crippen molar-refractivity contribution in [2.45, 2.75) is 19.9 Å². The van der Waals surface area contributed by atoms with Crippen LogP contribution in [0.5, 0.6) is 5.75 Å². The second-order valence-corrected chi connectivity index (χ2v) is 7.88. The summed E-state index contributed by atoms with van der Waals surface area (Å²) in [4.78, 5) is 14.3. The lowest BCUT2D eigenvalue weighted by atomic mass is 10.0. The number of carbonyl (C=O) groups is 1. The van der Waals surface area contributed by atoms with Crippen molar-refractivity contribution in [1.29, 1.82) is 0 Å². The molecule has 1 heterocycles. The number of rotatable bonds is 7. The number of benzene rings is 2. The molecule has 0 saturated carbocycles. The average molecular weight is 464 g/mol. The number of likely N-dealkylation sites (N-methyl/N-ethyl adjacent to an activating group) is 1. The van der Waals surface area contributed by atoms with Gasteiger partial charge in [-0.25, -0.2) is 0 Å². The van der Waals surface area contributed by atoms with E-state index in [9.17, 15) is 4.79 Å². The summed E-state index contributed by atoms with van der Waals surface area (Å²) in [6.45, 7) is 3.83. The molecule has 0 radical (unpaired) electrons. The Kier molecular flexibility index (Phi) is 7.15. The number of hydrogen-bond acceptors (Lipinski definition) is 6. The van der Waals surface area contributed by atoms with Crippen LogP contribution in [0.25, 0.3) is 5.69 Å². The van der Waals surface area contributed by atoms with Crippen molar-refractivity contribution in [3.63, 3.8) is 0 Å². The largest absolute Gasteiger partial charge is 0.495 e. The molecule has 1 amide bonds. The predicted molar refractivity (Wildman–Crippen MR) is 118 cm³/mol. The van der Waals surface area contributed by atoms with Crippen molar-refractivity contribution in [2.24, 2.45) is 0 Å². The smallest absolute Gasteiger partial charge is 0.249 e. The van der Waals surface area contributed by atoms with E-state index in [4.69, 9.17) is 32.7 Å². The van der Waals surface area contributed by atoms with Crippen molar-refractivity contribution in [3.05, 3.63) is 62.9 Å². The number of nitrogens with zero attached hydrogens (tertiary/aromatic N) is 5. The highest BCUT2D eigenvalue weighted by atomic mass is 35.5. The van der Waals surface area contributed by atoms with Crippen molar-refractivity contribution in [1.82, 2.24) is 25.1 Å². The molecule has 2 aromatic carbocycles. The van der Waals surface area contributed by atoms with Crippen LogP contribution in [0.4, 0.5) is 0 Å². The SMILES string of the molecule is COCC(=O)N(C)C(c1cc(Cl)cc(Cl)c1OC)c1nnnn1-c1c(C)cccc1C. The van der Waals surface area contributed by atoms with Gasteiger partial charge in [-0.05, 0) is 47.5 Å². The van der Waals surface area contributed by atoms with Gasteiger partial charge in [0.15, 0.2) is 5.82 Å². The summed E-state index contributed by atoms with van der Waals surface area (Å²) in [5.41, 5.74) is 3.34. The molecule has 0 aliphatic carbocycles. The highest BCUT2D eigenvalue weighted by molar-refractivity contribution is 6.35. The van der Waals surface area contributed by atoms with Gasteiger partial charge in [0.2, 0.25) is 5.91 Å². The number of para-hydroxylation sites is 1. The first-order valence-electron chi connectivity index (χ1n) is 9.42. The lowest BCUT2D eigenvalue weighted by Crippen LogP contribution is -2.36. The number of aromatic nitrogens is 4. The van der Waals surface area contributed by atoms with E-state index in [0.717, 1.165) is 16.8 Å². The Morgan fingerprint density at radius 1 is 1.19 bits per heavy atom. The third kappa shape index (κ3) is 4.51. The molecule has 164 valence electrons. The molecule has 0 saturated heterocycles. The number of aryl methyl sites for hydroxylation is 2. The fraction of sp³-hybridized carbons (Fsp3) is 0.333. The molecule has 0 bridgehead atoms. The summed E-state index contributed by atoms with van der Waals surface area (Å²) in [5, 5.41) is 13.1. The van der Waals surface area contributed by atoms with E-state index in [1.54, 1.807) is 23.9 Å². The van der Waals surface area contributed by atoms with Gasteiger partial charge in [0.05, 0.1) is 17.8 Å². The molecule has 8 nitrogen and oxygen atoms in total. The minimum Gasteiger partial charge on any atom is -0.495 e. The van der Waals surface area contributed by atoms with E-state index in [-0.39, 0.29) is 12.5 Å². The number of halogens is 2. The standard InChI is InChI=1S/C21H23Cl2N5O3/c1-12-7-6-8-13(2)18(12)28-21(24-25-26-28)19(27(3)17(29)11-30-4)15-9-14(22)10-16(23)20(15)31-5/h6-10,19H,11H2,1-5H3. The van der Waals surface area contributed by atoms with Crippen molar-refractivity contribution >= 4 is 29.1 Å². The Labute approximate surface area is 190 Å². The maximum atomic E-state index is 12.8. The van der Waals surface area contributed by atoms with Gasteiger partial charge in [0, 0.05) is 24.7 Å². The zero-order valence-corrected chi connectivity index (χ0v) is 19.4. The van der Waals surface area contributed by atoms with E-state index in [2.05, 4.69) is 15.5 Å². The van der Waals surface area contributed by atoms with E-state index in [1.165, 1.54) is 19.1 Å². The van der Waals surface area contributed by atoms with Crippen LogP contribution in [-0.4, -0.2) is 58.9 Å². The zero-order chi connectivity index (χ0) is 22.7. The number of methoxy groups -OCH3 is 2. The number of amides is 1. The van der Waals surface area contributed by atoms with E-state index in [1.807, 2.05) is 32.0 Å². The Morgan fingerprint density at radius 3 is 2.48 bits per heavy atom. The van der Waals surface area contributed by atoms with Crippen LogP contribution in [0.1, 0.15) is 28.6 Å². The summed E-state index contributed by atoms with van der Waals surface area (Å²) in [5.74, 6) is 0.506. The lowest BCUT2D eigenvalue weighted by molar-refractivity contribution is -0.135. The molecule has 3 rings (SSSR count). The number of hydrogen-bond donors (Lipinski definition) is 0. The summed E-state index contributed by atoms with van der Waals surface area (Å²) in [7, 11) is 4.60. The lowest BCUT2D eigenvalue weighted by Gasteiger charge is -2.29. The molecular formula is C21H23Cl2N5O3. The number of carbonyl (C=O) groups excluding carboxylic acids is 1. The van der Waals surface area contributed by atoms with E-state index in [0.29, 0.717) is 27.2 Å². The van der Waals surface area contributed by atoms with Crippen LogP contribution in [0, 0.1) is 13.8 Å².